The van der Waals surface area contributed by atoms with Gasteiger partial charge in [0.2, 0.25) is 10.0 Å². The highest BCUT2D eigenvalue weighted by Gasteiger charge is 2.27. The first-order valence-corrected chi connectivity index (χ1v) is 12.0. The summed E-state index contributed by atoms with van der Waals surface area (Å²) in [6.07, 6.45) is 3.81. The summed E-state index contributed by atoms with van der Waals surface area (Å²) < 4.78 is 38.7. The van der Waals surface area contributed by atoms with Crippen LogP contribution in [0.15, 0.2) is 47.4 Å². The first kappa shape index (κ1) is 23.1. The molecule has 0 spiro atoms. The number of sulfonamides is 1. The summed E-state index contributed by atoms with van der Waals surface area (Å²) in [5.74, 6) is 0.575. The third kappa shape index (κ3) is 5.77. The van der Waals surface area contributed by atoms with Crippen LogP contribution < -0.4 is 14.8 Å². The number of ether oxygens (including phenoxy) is 2. The van der Waals surface area contributed by atoms with Crippen molar-refractivity contribution in [2.45, 2.75) is 50.5 Å². The van der Waals surface area contributed by atoms with E-state index >= 15 is 0 Å². The number of nitrogens with one attached hydrogen (secondary N) is 1. The number of methoxy groups -OCH3 is 1. The lowest BCUT2D eigenvalue weighted by Gasteiger charge is -2.20. The van der Waals surface area contributed by atoms with Gasteiger partial charge in [-0.2, -0.15) is 4.31 Å². The van der Waals surface area contributed by atoms with Crippen molar-refractivity contribution in [1.29, 1.82) is 0 Å². The van der Waals surface area contributed by atoms with E-state index < -0.39 is 15.9 Å². The quantitative estimate of drug-likeness (QED) is 0.685. The van der Waals surface area contributed by atoms with E-state index in [0.29, 0.717) is 30.3 Å². The van der Waals surface area contributed by atoms with Gasteiger partial charge in [-0.15, -0.1) is 0 Å². The molecule has 1 aliphatic rings. The molecule has 0 unspecified atom stereocenters. The zero-order valence-electron chi connectivity index (χ0n) is 18.3. The molecule has 1 amide bonds. The number of anilines is 1. The highest BCUT2D eigenvalue weighted by molar-refractivity contribution is 7.89. The number of rotatable bonds is 7. The van der Waals surface area contributed by atoms with Crippen LogP contribution in [0.1, 0.15) is 49.9 Å². The number of carbonyl (C=O) groups excluding carboxylic acids is 1. The van der Waals surface area contributed by atoms with Crippen LogP contribution in [0.4, 0.5) is 5.69 Å². The van der Waals surface area contributed by atoms with Crippen LogP contribution in [0.5, 0.6) is 11.5 Å². The zero-order valence-corrected chi connectivity index (χ0v) is 19.1. The second kappa shape index (κ2) is 10.2. The number of amides is 1. The Morgan fingerprint density at radius 1 is 1.00 bits per heavy atom. The molecule has 1 aliphatic heterocycles. The molecule has 0 saturated carbocycles. The summed E-state index contributed by atoms with van der Waals surface area (Å²) in [7, 11) is -2.22. The van der Waals surface area contributed by atoms with Gasteiger partial charge in [-0.25, -0.2) is 8.42 Å². The molecule has 1 N–H and O–H groups in total. The normalized spacial score (nSPS) is 15.4. The molecule has 1 saturated heterocycles. The average molecular weight is 447 g/mol. The minimum absolute atomic E-state index is 0.0543. The molecule has 168 valence electrons. The lowest BCUT2D eigenvalue weighted by Crippen LogP contribution is -2.32. The number of hydrogen-bond donors (Lipinski definition) is 1. The molecule has 3 rings (SSSR count). The third-order valence-corrected chi connectivity index (χ3v) is 7.00. The Balaban J connectivity index is 1.83. The van der Waals surface area contributed by atoms with Crippen molar-refractivity contribution in [3.63, 3.8) is 0 Å². The summed E-state index contributed by atoms with van der Waals surface area (Å²) in [5, 5.41) is 2.80. The minimum Gasteiger partial charge on any atom is -0.496 e. The van der Waals surface area contributed by atoms with E-state index in [1.165, 1.54) is 29.6 Å². The van der Waals surface area contributed by atoms with E-state index in [2.05, 4.69) is 5.32 Å². The van der Waals surface area contributed by atoms with Gasteiger partial charge < -0.3 is 14.8 Å². The van der Waals surface area contributed by atoms with Gasteiger partial charge in [0.1, 0.15) is 11.5 Å². The van der Waals surface area contributed by atoms with E-state index in [4.69, 9.17) is 9.47 Å². The molecule has 1 heterocycles. The molecule has 0 bridgehead atoms. The van der Waals surface area contributed by atoms with Gasteiger partial charge >= 0.3 is 0 Å². The van der Waals surface area contributed by atoms with Crippen molar-refractivity contribution in [2.24, 2.45) is 0 Å². The van der Waals surface area contributed by atoms with Gasteiger partial charge in [-0.05, 0) is 69.2 Å². The van der Waals surface area contributed by atoms with Gasteiger partial charge in [-0.1, -0.05) is 12.8 Å². The van der Waals surface area contributed by atoms with E-state index in [9.17, 15) is 13.2 Å². The Morgan fingerprint density at radius 2 is 1.65 bits per heavy atom. The maximum absolute atomic E-state index is 13.1. The van der Waals surface area contributed by atoms with E-state index in [-0.39, 0.29) is 16.6 Å². The first-order valence-electron chi connectivity index (χ1n) is 10.6. The molecule has 2 aromatic rings. The number of hydrogen-bond acceptors (Lipinski definition) is 5. The fraction of sp³-hybridized carbons (Fsp3) is 0.435. The van der Waals surface area contributed by atoms with Crippen molar-refractivity contribution < 1.29 is 22.7 Å². The molecular weight excluding hydrogens is 416 g/mol. The Bertz CT molecular complexity index is 995. The number of benzene rings is 2. The van der Waals surface area contributed by atoms with Gasteiger partial charge in [0.15, 0.2) is 0 Å². The van der Waals surface area contributed by atoms with Crippen LogP contribution in [0, 0.1) is 0 Å². The Kier molecular flexibility index (Phi) is 7.56. The predicted molar refractivity (Wildman–Crippen MR) is 120 cm³/mol. The lowest BCUT2D eigenvalue weighted by atomic mass is 10.2. The van der Waals surface area contributed by atoms with Gasteiger partial charge in [0.25, 0.3) is 5.91 Å². The minimum atomic E-state index is -3.68. The third-order valence-electron chi connectivity index (χ3n) is 5.10. The molecular formula is C23H30N2O5S. The van der Waals surface area contributed by atoms with E-state index in [1.807, 2.05) is 13.8 Å². The molecule has 0 atom stereocenters. The summed E-state index contributed by atoms with van der Waals surface area (Å²) in [4.78, 5) is 13.0. The molecule has 8 heteroatoms. The highest BCUT2D eigenvalue weighted by atomic mass is 32.2. The average Bonchev–Trinajstić information content (AvgIpc) is 3.04. The summed E-state index contributed by atoms with van der Waals surface area (Å²) >= 11 is 0. The lowest BCUT2D eigenvalue weighted by molar-refractivity contribution is 0.102. The molecule has 31 heavy (non-hydrogen) atoms. The molecule has 1 fully saturated rings. The van der Waals surface area contributed by atoms with Crippen molar-refractivity contribution >= 4 is 21.6 Å². The SMILES string of the molecule is COc1ccc(S(=O)(=O)N2CCCCCC2)cc1C(=O)Nc1ccc(OC(C)C)cc1. The smallest absolute Gasteiger partial charge is 0.259 e. The second-order valence-electron chi connectivity index (χ2n) is 7.83. The van der Waals surface area contributed by atoms with Crippen LogP contribution in [0.3, 0.4) is 0 Å². The van der Waals surface area contributed by atoms with Crippen LogP contribution in [-0.2, 0) is 10.0 Å². The van der Waals surface area contributed by atoms with Crippen LogP contribution >= 0.6 is 0 Å². The monoisotopic (exact) mass is 446 g/mol. The zero-order chi connectivity index (χ0) is 22.4. The largest absolute Gasteiger partial charge is 0.496 e. The molecule has 0 aromatic heterocycles. The number of nitrogens with zero attached hydrogens (tertiary/aromatic N) is 1. The van der Waals surface area contributed by atoms with E-state index in [1.54, 1.807) is 24.3 Å². The fourth-order valence-corrected chi connectivity index (χ4v) is 5.09. The van der Waals surface area contributed by atoms with Crippen molar-refractivity contribution in [1.82, 2.24) is 4.31 Å². The van der Waals surface area contributed by atoms with Crippen LogP contribution in [0.2, 0.25) is 0 Å². The fourth-order valence-electron chi connectivity index (χ4n) is 3.54. The predicted octanol–water partition coefficient (Wildman–Crippen LogP) is 4.30. The Morgan fingerprint density at radius 3 is 2.23 bits per heavy atom. The van der Waals surface area contributed by atoms with Crippen molar-refractivity contribution in [2.75, 3.05) is 25.5 Å². The molecule has 0 aliphatic carbocycles. The summed E-state index contributed by atoms with van der Waals surface area (Å²) in [6, 6.07) is 11.4. The maximum Gasteiger partial charge on any atom is 0.259 e. The van der Waals surface area contributed by atoms with Crippen molar-refractivity contribution in [3.05, 3.63) is 48.0 Å². The molecule has 7 nitrogen and oxygen atoms in total. The first-order chi connectivity index (χ1) is 14.8. The molecule has 2 aromatic carbocycles. The van der Waals surface area contributed by atoms with Gasteiger partial charge in [0, 0.05) is 18.8 Å². The van der Waals surface area contributed by atoms with Gasteiger partial charge in [0.05, 0.1) is 23.7 Å². The Labute approximate surface area is 184 Å². The second-order valence-corrected chi connectivity index (χ2v) is 9.76. The standard InChI is InChI=1S/C23H30N2O5S/c1-17(2)30-19-10-8-18(9-11-19)24-23(26)21-16-20(12-13-22(21)29-3)31(27,28)25-14-6-4-5-7-15-25/h8-13,16-17H,4-7,14-15H2,1-3H3,(H,24,26). The van der Waals surface area contributed by atoms with Gasteiger partial charge in [-0.3, -0.25) is 4.79 Å². The maximum atomic E-state index is 13.1. The van der Waals surface area contributed by atoms with Crippen LogP contribution in [0.25, 0.3) is 0 Å². The van der Waals surface area contributed by atoms with Crippen LogP contribution in [-0.4, -0.2) is 44.9 Å². The topological polar surface area (TPSA) is 84.9 Å². The Hall–Kier alpha value is -2.58. The van der Waals surface area contributed by atoms with E-state index in [0.717, 1.165) is 25.7 Å². The number of carbonyl (C=O) groups is 1. The summed E-state index contributed by atoms with van der Waals surface area (Å²) in [5.41, 5.74) is 0.741. The van der Waals surface area contributed by atoms with Crippen molar-refractivity contribution in [3.8, 4) is 11.5 Å². The molecule has 0 radical (unpaired) electrons. The summed E-state index contributed by atoms with van der Waals surface area (Å²) in [6.45, 7) is 4.88. The highest BCUT2D eigenvalue weighted by Crippen LogP contribution is 2.27.